The third-order valence-electron chi connectivity index (χ3n) is 4.92. The van der Waals surface area contributed by atoms with Gasteiger partial charge in [0.25, 0.3) is 0 Å². The average molecular weight is 294 g/mol. The van der Waals surface area contributed by atoms with Crippen LogP contribution in [-0.2, 0) is 6.54 Å². The predicted molar refractivity (Wildman–Crippen MR) is 79.7 cm³/mol. The molecule has 2 aliphatic heterocycles. The van der Waals surface area contributed by atoms with E-state index in [-0.39, 0.29) is 12.7 Å². The van der Waals surface area contributed by atoms with Crippen LogP contribution in [0.25, 0.3) is 0 Å². The molecule has 5 heteroatoms. The second-order valence-corrected chi connectivity index (χ2v) is 6.56. The third-order valence-corrected chi connectivity index (χ3v) is 4.92. The van der Waals surface area contributed by atoms with Crippen LogP contribution in [0.1, 0.15) is 18.4 Å². The highest BCUT2D eigenvalue weighted by molar-refractivity contribution is 5.05. The summed E-state index contributed by atoms with van der Waals surface area (Å²) in [6.45, 7) is 6.18. The normalized spacial score (nSPS) is 29.2. The van der Waals surface area contributed by atoms with Gasteiger partial charge in [-0.15, -0.1) is 0 Å². The Balaban J connectivity index is 1.52. The van der Waals surface area contributed by atoms with Crippen LogP contribution in [0.2, 0.25) is 0 Å². The molecular formula is C16H26N2O3. The molecule has 0 saturated carbocycles. The quantitative estimate of drug-likeness (QED) is 0.840. The van der Waals surface area contributed by atoms with Crippen molar-refractivity contribution in [3.8, 4) is 0 Å². The van der Waals surface area contributed by atoms with Gasteiger partial charge >= 0.3 is 0 Å². The molecule has 1 aromatic rings. The van der Waals surface area contributed by atoms with Crippen molar-refractivity contribution in [1.82, 2.24) is 9.80 Å². The summed E-state index contributed by atoms with van der Waals surface area (Å²) >= 11 is 0. The molecular weight excluding hydrogens is 268 g/mol. The van der Waals surface area contributed by atoms with Crippen LogP contribution in [0, 0.1) is 11.8 Å². The van der Waals surface area contributed by atoms with Gasteiger partial charge in [0.15, 0.2) is 0 Å². The van der Waals surface area contributed by atoms with Crippen LogP contribution in [0.3, 0.4) is 0 Å². The summed E-state index contributed by atoms with van der Waals surface area (Å²) in [6, 6.07) is 2.01. The lowest BCUT2D eigenvalue weighted by Crippen LogP contribution is -2.40. The summed E-state index contributed by atoms with van der Waals surface area (Å²) < 4.78 is 5.13. The molecule has 2 atom stereocenters. The molecule has 0 bridgehead atoms. The van der Waals surface area contributed by atoms with Gasteiger partial charge in [0.1, 0.15) is 0 Å². The van der Waals surface area contributed by atoms with E-state index in [9.17, 15) is 10.2 Å². The molecule has 3 heterocycles. The van der Waals surface area contributed by atoms with Gasteiger partial charge in [-0.05, 0) is 30.7 Å². The van der Waals surface area contributed by atoms with E-state index >= 15 is 0 Å². The Morgan fingerprint density at radius 2 is 1.90 bits per heavy atom. The molecule has 3 rings (SSSR count). The van der Waals surface area contributed by atoms with Crippen molar-refractivity contribution in [2.45, 2.75) is 25.5 Å². The molecule has 1 aromatic heterocycles. The third kappa shape index (κ3) is 3.86. The Labute approximate surface area is 126 Å². The maximum absolute atomic E-state index is 9.65. The second kappa shape index (κ2) is 6.92. The predicted octanol–water partition coefficient (Wildman–Crippen LogP) is 0.777. The summed E-state index contributed by atoms with van der Waals surface area (Å²) in [5, 5.41) is 19.2. The van der Waals surface area contributed by atoms with Crippen LogP contribution >= 0.6 is 0 Å². The fourth-order valence-electron chi connectivity index (χ4n) is 3.65. The topological polar surface area (TPSA) is 60.1 Å². The molecule has 2 saturated heterocycles. The van der Waals surface area contributed by atoms with Gasteiger partial charge in [0, 0.05) is 51.4 Å². The number of rotatable bonds is 5. The minimum Gasteiger partial charge on any atom is -0.472 e. The number of piperidine rings is 1. The van der Waals surface area contributed by atoms with Crippen molar-refractivity contribution in [3.05, 3.63) is 24.2 Å². The highest BCUT2D eigenvalue weighted by atomic mass is 16.3. The standard InChI is InChI=1S/C16H26N2O3/c19-11-15-10-18(7-13-3-6-21-12-13)9-14(15)8-17-4-1-16(20)2-5-17/h3,6,12,14-16,19-20H,1-2,4-5,7-11H2/t14-,15-/m1/s1. The minimum atomic E-state index is -0.115. The van der Waals surface area contributed by atoms with Gasteiger partial charge in [-0.25, -0.2) is 0 Å². The lowest BCUT2D eigenvalue weighted by Gasteiger charge is -2.32. The number of hydrogen-bond acceptors (Lipinski definition) is 5. The molecule has 2 aliphatic rings. The number of nitrogens with zero attached hydrogens (tertiary/aromatic N) is 2. The first-order chi connectivity index (χ1) is 10.2. The maximum Gasteiger partial charge on any atom is 0.0947 e. The monoisotopic (exact) mass is 294 g/mol. The number of hydrogen-bond donors (Lipinski definition) is 2. The molecule has 0 unspecified atom stereocenters. The summed E-state index contributed by atoms with van der Waals surface area (Å²) in [6.07, 6.45) is 5.17. The lowest BCUT2D eigenvalue weighted by molar-refractivity contribution is 0.0684. The van der Waals surface area contributed by atoms with Crippen molar-refractivity contribution in [1.29, 1.82) is 0 Å². The number of aliphatic hydroxyl groups excluding tert-OH is 2. The Hall–Kier alpha value is -0.880. The van der Waals surface area contributed by atoms with E-state index < -0.39 is 0 Å². The smallest absolute Gasteiger partial charge is 0.0947 e. The van der Waals surface area contributed by atoms with E-state index in [1.807, 2.05) is 6.07 Å². The van der Waals surface area contributed by atoms with Crippen molar-refractivity contribution in [2.24, 2.45) is 11.8 Å². The van der Waals surface area contributed by atoms with E-state index in [0.717, 1.165) is 52.1 Å². The van der Waals surface area contributed by atoms with Crippen LogP contribution in [0.15, 0.2) is 23.0 Å². The number of likely N-dealkylation sites (tertiary alicyclic amines) is 2. The summed E-state index contributed by atoms with van der Waals surface area (Å²) in [4.78, 5) is 4.86. The Kier molecular flexibility index (Phi) is 4.95. The summed E-state index contributed by atoms with van der Waals surface area (Å²) in [5.41, 5.74) is 1.20. The maximum atomic E-state index is 9.65. The summed E-state index contributed by atoms with van der Waals surface area (Å²) in [7, 11) is 0. The molecule has 5 nitrogen and oxygen atoms in total. The lowest BCUT2D eigenvalue weighted by atomic mass is 9.95. The Morgan fingerprint density at radius 3 is 2.57 bits per heavy atom. The van der Waals surface area contributed by atoms with E-state index in [2.05, 4.69) is 9.80 Å². The van der Waals surface area contributed by atoms with Gasteiger partial charge in [-0.1, -0.05) is 0 Å². The fraction of sp³-hybridized carbons (Fsp3) is 0.750. The summed E-state index contributed by atoms with van der Waals surface area (Å²) in [5.74, 6) is 0.890. The van der Waals surface area contributed by atoms with E-state index in [0.29, 0.717) is 11.8 Å². The van der Waals surface area contributed by atoms with Crippen LogP contribution in [-0.4, -0.2) is 65.4 Å². The highest BCUT2D eigenvalue weighted by Gasteiger charge is 2.34. The average Bonchev–Trinajstić information content (AvgIpc) is 3.11. The molecule has 21 heavy (non-hydrogen) atoms. The molecule has 2 N–H and O–H groups in total. The molecule has 0 amide bonds. The molecule has 0 spiro atoms. The Bertz CT molecular complexity index is 415. The zero-order valence-electron chi connectivity index (χ0n) is 12.5. The molecule has 2 fully saturated rings. The van der Waals surface area contributed by atoms with Gasteiger partial charge in [0.2, 0.25) is 0 Å². The van der Waals surface area contributed by atoms with E-state index in [1.54, 1.807) is 12.5 Å². The number of furan rings is 1. The van der Waals surface area contributed by atoms with E-state index in [1.165, 1.54) is 5.56 Å². The van der Waals surface area contributed by atoms with Crippen molar-refractivity contribution >= 4 is 0 Å². The first kappa shape index (κ1) is 15.0. The zero-order valence-corrected chi connectivity index (χ0v) is 12.5. The highest BCUT2D eigenvalue weighted by Crippen LogP contribution is 2.26. The van der Waals surface area contributed by atoms with Crippen molar-refractivity contribution < 1.29 is 14.6 Å². The first-order valence-corrected chi connectivity index (χ1v) is 7.99. The van der Waals surface area contributed by atoms with Gasteiger partial charge < -0.3 is 19.5 Å². The van der Waals surface area contributed by atoms with Gasteiger partial charge in [-0.2, -0.15) is 0 Å². The van der Waals surface area contributed by atoms with Crippen LogP contribution in [0.5, 0.6) is 0 Å². The van der Waals surface area contributed by atoms with Crippen molar-refractivity contribution in [2.75, 3.05) is 39.3 Å². The van der Waals surface area contributed by atoms with Gasteiger partial charge in [0.05, 0.1) is 18.6 Å². The molecule has 0 radical (unpaired) electrons. The molecule has 118 valence electrons. The second-order valence-electron chi connectivity index (χ2n) is 6.56. The number of aliphatic hydroxyl groups is 2. The van der Waals surface area contributed by atoms with Crippen LogP contribution < -0.4 is 0 Å². The van der Waals surface area contributed by atoms with E-state index in [4.69, 9.17) is 4.42 Å². The Morgan fingerprint density at radius 1 is 1.14 bits per heavy atom. The molecule has 0 aliphatic carbocycles. The first-order valence-electron chi connectivity index (χ1n) is 7.99. The van der Waals surface area contributed by atoms with Crippen molar-refractivity contribution in [3.63, 3.8) is 0 Å². The zero-order chi connectivity index (χ0) is 14.7. The van der Waals surface area contributed by atoms with Crippen LogP contribution in [0.4, 0.5) is 0 Å². The SMILES string of the molecule is OC[C@H]1CN(Cc2ccoc2)C[C@H]1CN1CCC(O)CC1. The molecule has 0 aromatic carbocycles. The minimum absolute atomic E-state index is 0.115. The largest absolute Gasteiger partial charge is 0.472 e. The fourth-order valence-corrected chi connectivity index (χ4v) is 3.65. The van der Waals surface area contributed by atoms with Gasteiger partial charge in [-0.3, -0.25) is 4.90 Å².